The highest BCUT2D eigenvalue weighted by Gasteiger charge is 2.33. The second-order valence-corrected chi connectivity index (χ2v) is 8.28. The highest BCUT2D eigenvalue weighted by atomic mass is 35.5. The van der Waals surface area contributed by atoms with Crippen LogP contribution in [-0.4, -0.2) is 28.9 Å². The first-order valence-corrected chi connectivity index (χ1v) is 10.9. The Balaban J connectivity index is 1.35. The number of rotatable bonds is 5. The summed E-state index contributed by atoms with van der Waals surface area (Å²) in [6.45, 7) is 0.477. The van der Waals surface area contributed by atoms with Crippen LogP contribution in [0.4, 0.5) is 8.78 Å². The van der Waals surface area contributed by atoms with Crippen molar-refractivity contribution in [2.75, 3.05) is 13.2 Å². The number of ether oxygens (including phenoxy) is 1. The number of likely N-dealkylation sites (tertiary alicyclic amines) is 1. The van der Waals surface area contributed by atoms with E-state index in [2.05, 4.69) is 4.98 Å². The molecule has 1 aromatic heterocycles. The van der Waals surface area contributed by atoms with E-state index in [-0.39, 0.29) is 24.1 Å². The average molecular weight is 469 g/mol. The zero-order valence-electron chi connectivity index (χ0n) is 17.4. The van der Waals surface area contributed by atoms with Crippen LogP contribution in [0, 0.1) is 11.6 Å². The summed E-state index contributed by atoms with van der Waals surface area (Å²) >= 11 is 5.88. The number of hydrogen-bond donors (Lipinski definition) is 0. The normalized spacial score (nSPS) is 15.8. The minimum Gasteiger partial charge on any atom is -0.484 e. The first-order chi connectivity index (χ1) is 16.0. The van der Waals surface area contributed by atoms with Gasteiger partial charge in [-0.15, -0.1) is 0 Å². The van der Waals surface area contributed by atoms with Crippen LogP contribution in [0.1, 0.15) is 24.8 Å². The van der Waals surface area contributed by atoms with Crippen LogP contribution in [-0.2, 0) is 4.79 Å². The Labute approximate surface area is 193 Å². The molecule has 1 atom stereocenters. The van der Waals surface area contributed by atoms with E-state index in [0.717, 1.165) is 18.9 Å². The summed E-state index contributed by atoms with van der Waals surface area (Å²) in [6.07, 6.45) is 1.54. The molecule has 1 fully saturated rings. The molecule has 1 amide bonds. The fourth-order valence-electron chi connectivity index (χ4n) is 4.06. The maximum absolute atomic E-state index is 14.2. The molecule has 0 bridgehead atoms. The summed E-state index contributed by atoms with van der Waals surface area (Å²) in [7, 11) is 0. The number of aromatic nitrogens is 1. The highest BCUT2D eigenvalue weighted by Crippen LogP contribution is 2.35. The molecule has 8 heteroatoms. The third-order valence-electron chi connectivity index (χ3n) is 5.68. The molecule has 2 heterocycles. The summed E-state index contributed by atoms with van der Waals surface area (Å²) in [4.78, 5) is 19.1. The van der Waals surface area contributed by atoms with E-state index in [9.17, 15) is 13.6 Å². The Morgan fingerprint density at radius 2 is 1.94 bits per heavy atom. The number of carbonyl (C=O) groups is 1. The quantitative estimate of drug-likeness (QED) is 0.351. The van der Waals surface area contributed by atoms with Gasteiger partial charge >= 0.3 is 0 Å². The van der Waals surface area contributed by atoms with Crippen LogP contribution >= 0.6 is 11.6 Å². The fraction of sp³-hybridized carbons (Fsp3) is 0.200. The van der Waals surface area contributed by atoms with E-state index in [1.165, 1.54) is 12.1 Å². The van der Waals surface area contributed by atoms with Gasteiger partial charge in [0.25, 0.3) is 5.91 Å². The molecule has 5 nitrogen and oxygen atoms in total. The fourth-order valence-corrected chi connectivity index (χ4v) is 4.19. The van der Waals surface area contributed by atoms with Crippen LogP contribution in [0.25, 0.3) is 22.2 Å². The van der Waals surface area contributed by atoms with Gasteiger partial charge in [0.15, 0.2) is 12.2 Å². The van der Waals surface area contributed by atoms with Crippen molar-refractivity contribution in [3.05, 3.63) is 83.2 Å². The van der Waals surface area contributed by atoms with Crippen molar-refractivity contribution in [3.63, 3.8) is 0 Å². The lowest BCUT2D eigenvalue weighted by molar-refractivity contribution is -0.134. The molecule has 168 valence electrons. The number of carbonyl (C=O) groups excluding carboxylic acids is 1. The predicted molar refractivity (Wildman–Crippen MR) is 120 cm³/mol. The van der Waals surface area contributed by atoms with Crippen LogP contribution in [0.3, 0.4) is 0 Å². The van der Waals surface area contributed by atoms with Gasteiger partial charge < -0.3 is 14.1 Å². The van der Waals surface area contributed by atoms with E-state index in [1.54, 1.807) is 47.4 Å². The van der Waals surface area contributed by atoms with Crippen LogP contribution in [0.2, 0.25) is 5.02 Å². The minimum atomic E-state index is -0.647. The molecule has 1 aliphatic heterocycles. The Hall–Kier alpha value is -3.45. The van der Waals surface area contributed by atoms with Crippen molar-refractivity contribution in [2.24, 2.45) is 0 Å². The van der Waals surface area contributed by atoms with E-state index in [4.69, 9.17) is 20.8 Å². The zero-order valence-corrected chi connectivity index (χ0v) is 18.2. The van der Waals surface area contributed by atoms with Gasteiger partial charge in [-0.2, -0.15) is 0 Å². The first kappa shape index (κ1) is 21.4. The summed E-state index contributed by atoms with van der Waals surface area (Å²) < 4.78 is 39.0. The second-order valence-electron chi connectivity index (χ2n) is 7.85. The second kappa shape index (κ2) is 8.83. The number of amides is 1. The summed E-state index contributed by atoms with van der Waals surface area (Å²) in [5.74, 6) is -0.452. The van der Waals surface area contributed by atoms with Gasteiger partial charge in [0.1, 0.15) is 28.9 Å². The van der Waals surface area contributed by atoms with E-state index in [0.29, 0.717) is 39.9 Å². The maximum atomic E-state index is 14.2. The number of halogens is 3. The van der Waals surface area contributed by atoms with Crippen molar-refractivity contribution in [3.8, 4) is 16.9 Å². The molecular weight excluding hydrogens is 450 g/mol. The van der Waals surface area contributed by atoms with Gasteiger partial charge in [-0.3, -0.25) is 4.79 Å². The molecule has 0 radical (unpaired) electrons. The molecule has 0 saturated carbocycles. The lowest BCUT2D eigenvalue weighted by atomic mass is 10.0. The molecule has 0 aliphatic carbocycles. The predicted octanol–water partition coefficient (Wildman–Crippen LogP) is 6.17. The van der Waals surface area contributed by atoms with E-state index in [1.807, 2.05) is 0 Å². The van der Waals surface area contributed by atoms with Crippen LogP contribution in [0.5, 0.6) is 5.75 Å². The molecule has 5 rings (SSSR count). The number of nitrogens with zero attached hydrogens (tertiary/aromatic N) is 2. The molecule has 33 heavy (non-hydrogen) atoms. The SMILES string of the molecule is O=C(COc1ccc(Cl)cc1)N1CCC[C@H]1c1nc2cc(-c3ccc(F)cc3F)ccc2o1. The molecule has 0 unspecified atom stereocenters. The third kappa shape index (κ3) is 4.41. The Kier molecular flexibility index (Phi) is 5.72. The molecule has 0 spiro atoms. The lowest BCUT2D eigenvalue weighted by Gasteiger charge is -2.22. The van der Waals surface area contributed by atoms with Gasteiger partial charge in [-0.05, 0) is 66.9 Å². The highest BCUT2D eigenvalue weighted by molar-refractivity contribution is 6.30. The Morgan fingerprint density at radius 1 is 1.12 bits per heavy atom. The summed E-state index contributed by atoms with van der Waals surface area (Å²) in [5, 5.41) is 0.592. The third-order valence-corrected chi connectivity index (χ3v) is 5.93. The molecule has 1 saturated heterocycles. The topological polar surface area (TPSA) is 55.6 Å². The van der Waals surface area contributed by atoms with Crippen molar-refractivity contribution in [1.29, 1.82) is 0 Å². The average Bonchev–Trinajstić information content (AvgIpc) is 3.45. The number of hydrogen-bond acceptors (Lipinski definition) is 4. The zero-order chi connectivity index (χ0) is 22.9. The molecule has 4 aromatic rings. The van der Waals surface area contributed by atoms with Crippen molar-refractivity contribution < 1.29 is 22.7 Å². The standard InChI is InChI=1S/C25H19ClF2N2O3/c26-16-4-7-18(8-5-16)32-14-24(31)30-11-1-2-22(30)25-29-21-12-15(3-10-23(21)33-25)19-9-6-17(27)13-20(19)28/h3-10,12-13,22H,1-2,11,14H2/t22-/m0/s1. The molecular formula is C25H19ClF2N2O3. The van der Waals surface area contributed by atoms with Gasteiger partial charge in [-0.25, -0.2) is 13.8 Å². The largest absolute Gasteiger partial charge is 0.484 e. The monoisotopic (exact) mass is 468 g/mol. The maximum Gasteiger partial charge on any atom is 0.261 e. The van der Waals surface area contributed by atoms with Gasteiger partial charge in [-0.1, -0.05) is 17.7 Å². The van der Waals surface area contributed by atoms with Gasteiger partial charge in [0.05, 0.1) is 0 Å². The smallest absolute Gasteiger partial charge is 0.261 e. The van der Waals surface area contributed by atoms with Crippen molar-refractivity contribution in [2.45, 2.75) is 18.9 Å². The number of benzene rings is 3. The van der Waals surface area contributed by atoms with E-state index >= 15 is 0 Å². The number of oxazole rings is 1. The van der Waals surface area contributed by atoms with E-state index < -0.39 is 11.6 Å². The summed E-state index contributed by atoms with van der Waals surface area (Å²) in [5.41, 5.74) is 1.92. The lowest BCUT2D eigenvalue weighted by Crippen LogP contribution is -2.34. The van der Waals surface area contributed by atoms with Crippen LogP contribution < -0.4 is 4.74 Å². The Morgan fingerprint density at radius 3 is 2.73 bits per heavy atom. The molecule has 0 N–H and O–H groups in total. The first-order valence-electron chi connectivity index (χ1n) is 10.5. The number of fused-ring (bicyclic) bond motifs is 1. The van der Waals surface area contributed by atoms with Crippen LogP contribution in [0.15, 0.2) is 65.1 Å². The summed E-state index contributed by atoms with van der Waals surface area (Å²) in [6, 6.07) is 15.1. The Bertz CT molecular complexity index is 1320. The molecule has 3 aromatic carbocycles. The van der Waals surface area contributed by atoms with Crippen molar-refractivity contribution in [1.82, 2.24) is 9.88 Å². The van der Waals surface area contributed by atoms with Gasteiger partial charge in [0.2, 0.25) is 5.89 Å². The minimum absolute atomic E-state index is 0.105. The van der Waals surface area contributed by atoms with Crippen molar-refractivity contribution >= 4 is 28.6 Å². The van der Waals surface area contributed by atoms with Gasteiger partial charge in [0, 0.05) is 23.2 Å². The molecule has 1 aliphatic rings.